The van der Waals surface area contributed by atoms with Crippen molar-refractivity contribution in [3.8, 4) is 5.75 Å². The Kier molecular flexibility index (Phi) is 5.43. The lowest BCUT2D eigenvalue weighted by Crippen LogP contribution is -2.31. The van der Waals surface area contributed by atoms with E-state index in [1.165, 1.54) is 6.07 Å². The minimum absolute atomic E-state index is 0.217. The first-order valence-corrected chi connectivity index (χ1v) is 9.67. The number of carbonyl (C=O) groups excluding carboxylic acids is 2. The summed E-state index contributed by atoms with van der Waals surface area (Å²) < 4.78 is 5.69. The number of para-hydroxylation sites is 1. The van der Waals surface area contributed by atoms with Gasteiger partial charge in [-0.3, -0.25) is 9.59 Å². The molecule has 0 saturated carbocycles. The van der Waals surface area contributed by atoms with E-state index in [2.05, 4.69) is 10.6 Å². The average Bonchev–Trinajstić information content (AvgIpc) is 3.14. The lowest BCUT2D eigenvalue weighted by Gasteiger charge is -2.12. The van der Waals surface area contributed by atoms with Gasteiger partial charge in [0.2, 0.25) is 0 Å². The van der Waals surface area contributed by atoms with Gasteiger partial charge in [-0.2, -0.15) is 0 Å². The number of amides is 2. The molecule has 1 atom stereocenters. The van der Waals surface area contributed by atoms with Crippen molar-refractivity contribution in [3.63, 3.8) is 0 Å². The van der Waals surface area contributed by atoms with Crippen LogP contribution in [0.25, 0.3) is 0 Å². The van der Waals surface area contributed by atoms with E-state index in [-0.39, 0.29) is 16.8 Å². The number of ether oxygens (including phenoxy) is 1. The molecule has 0 bridgehead atoms. The number of halogens is 2. The summed E-state index contributed by atoms with van der Waals surface area (Å²) in [6.45, 7) is 0. The minimum atomic E-state index is -0.557. The van der Waals surface area contributed by atoms with Gasteiger partial charge >= 0.3 is 0 Å². The molecule has 1 heterocycles. The predicted molar refractivity (Wildman–Crippen MR) is 114 cm³/mol. The van der Waals surface area contributed by atoms with Crippen LogP contribution < -0.4 is 15.4 Å². The highest BCUT2D eigenvalue weighted by molar-refractivity contribution is 6.37. The van der Waals surface area contributed by atoms with Gasteiger partial charge in [0.05, 0.1) is 10.6 Å². The summed E-state index contributed by atoms with van der Waals surface area (Å²) in [7, 11) is 0. The van der Waals surface area contributed by atoms with Crippen LogP contribution in [0.2, 0.25) is 10.0 Å². The van der Waals surface area contributed by atoms with Crippen molar-refractivity contribution in [2.45, 2.75) is 12.5 Å². The molecule has 7 heteroatoms. The number of hydrogen-bond donors (Lipinski definition) is 2. The molecule has 0 radical (unpaired) electrons. The van der Waals surface area contributed by atoms with Crippen LogP contribution in [0.1, 0.15) is 15.9 Å². The Morgan fingerprint density at radius 3 is 2.28 bits per heavy atom. The molecule has 5 nitrogen and oxygen atoms in total. The maximum absolute atomic E-state index is 12.5. The number of hydrogen-bond acceptors (Lipinski definition) is 3. The highest BCUT2D eigenvalue weighted by atomic mass is 35.5. The van der Waals surface area contributed by atoms with Crippen LogP contribution in [-0.4, -0.2) is 17.9 Å². The van der Waals surface area contributed by atoms with Gasteiger partial charge in [-0.05, 0) is 54.1 Å². The van der Waals surface area contributed by atoms with Gasteiger partial charge in [-0.25, -0.2) is 0 Å². The first kappa shape index (κ1) is 19.3. The predicted octanol–water partition coefficient (Wildman–Crippen LogP) is 5.19. The summed E-state index contributed by atoms with van der Waals surface area (Å²) in [5, 5.41) is 6.33. The molecule has 0 saturated heterocycles. The summed E-state index contributed by atoms with van der Waals surface area (Å²) in [5.41, 5.74) is 2.53. The summed E-state index contributed by atoms with van der Waals surface area (Å²) in [4.78, 5) is 24.8. The maximum atomic E-state index is 12.5. The molecule has 3 aromatic rings. The fourth-order valence-electron chi connectivity index (χ4n) is 3.06. The molecule has 0 aromatic heterocycles. The van der Waals surface area contributed by atoms with E-state index in [1.54, 1.807) is 36.4 Å². The number of carbonyl (C=O) groups is 2. The zero-order chi connectivity index (χ0) is 20.4. The van der Waals surface area contributed by atoms with E-state index in [9.17, 15) is 9.59 Å². The first-order valence-electron chi connectivity index (χ1n) is 8.91. The zero-order valence-corrected chi connectivity index (χ0v) is 16.6. The third-order valence-electron chi connectivity index (χ3n) is 4.53. The van der Waals surface area contributed by atoms with Crippen LogP contribution >= 0.6 is 23.2 Å². The molecule has 1 unspecified atom stereocenters. The van der Waals surface area contributed by atoms with Gasteiger partial charge in [0.1, 0.15) is 5.75 Å². The van der Waals surface area contributed by atoms with E-state index in [0.29, 0.717) is 28.4 Å². The minimum Gasteiger partial charge on any atom is -0.480 e. The van der Waals surface area contributed by atoms with Gasteiger partial charge in [0, 0.05) is 22.8 Å². The highest BCUT2D eigenvalue weighted by Crippen LogP contribution is 2.29. The van der Waals surface area contributed by atoms with E-state index in [4.69, 9.17) is 27.9 Å². The Labute approximate surface area is 177 Å². The average molecular weight is 427 g/mol. The molecule has 2 amide bonds. The van der Waals surface area contributed by atoms with Gasteiger partial charge in [0.25, 0.3) is 11.8 Å². The Bertz CT molecular complexity index is 1060. The number of nitrogens with one attached hydrogen (secondary N) is 2. The van der Waals surface area contributed by atoms with Crippen molar-refractivity contribution in [1.29, 1.82) is 0 Å². The van der Waals surface area contributed by atoms with Crippen molar-refractivity contribution in [2.75, 3.05) is 10.6 Å². The number of rotatable bonds is 4. The molecule has 29 heavy (non-hydrogen) atoms. The largest absolute Gasteiger partial charge is 0.480 e. The Morgan fingerprint density at radius 1 is 0.897 bits per heavy atom. The topological polar surface area (TPSA) is 67.4 Å². The Balaban J connectivity index is 1.37. The molecule has 4 rings (SSSR count). The molecular formula is C22H16Cl2N2O3. The third kappa shape index (κ3) is 4.36. The van der Waals surface area contributed by atoms with Crippen molar-refractivity contribution in [3.05, 3.63) is 87.9 Å². The van der Waals surface area contributed by atoms with E-state index in [1.807, 2.05) is 24.3 Å². The number of anilines is 2. The second-order valence-electron chi connectivity index (χ2n) is 6.56. The number of fused-ring (bicyclic) bond motifs is 1. The molecule has 0 aliphatic carbocycles. The Hall–Kier alpha value is -3.02. The van der Waals surface area contributed by atoms with Gasteiger partial charge in [-0.1, -0.05) is 41.4 Å². The van der Waals surface area contributed by atoms with Crippen molar-refractivity contribution in [2.24, 2.45) is 0 Å². The van der Waals surface area contributed by atoms with E-state index >= 15 is 0 Å². The third-order valence-corrected chi connectivity index (χ3v) is 5.07. The molecule has 1 aliphatic rings. The summed E-state index contributed by atoms with van der Waals surface area (Å²) in [6.07, 6.45) is -0.0170. The molecule has 0 spiro atoms. The molecule has 1 aliphatic heterocycles. The fourth-order valence-corrected chi connectivity index (χ4v) is 3.55. The second kappa shape index (κ2) is 8.15. The highest BCUT2D eigenvalue weighted by Gasteiger charge is 2.28. The van der Waals surface area contributed by atoms with Crippen molar-refractivity contribution in [1.82, 2.24) is 0 Å². The molecule has 3 aromatic carbocycles. The lowest BCUT2D eigenvalue weighted by molar-refractivity contribution is -0.122. The summed E-state index contributed by atoms with van der Waals surface area (Å²) >= 11 is 11.9. The monoisotopic (exact) mass is 426 g/mol. The van der Waals surface area contributed by atoms with Crippen LogP contribution in [-0.2, 0) is 11.2 Å². The fraction of sp³-hybridized carbons (Fsp3) is 0.0909. The zero-order valence-electron chi connectivity index (χ0n) is 15.1. The van der Waals surface area contributed by atoms with Gasteiger partial charge in [0.15, 0.2) is 6.10 Å². The van der Waals surface area contributed by atoms with Crippen LogP contribution in [0, 0.1) is 0 Å². The Morgan fingerprint density at radius 2 is 1.59 bits per heavy atom. The van der Waals surface area contributed by atoms with Crippen LogP contribution in [0.5, 0.6) is 5.75 Å². The smallest absolute Gasteiger partial charge is 0.265 e. The molecular weight excluding hydrogens is 411 g/mol. The lowest BCUT2D eigenvalue weighted by atomic mass is 10.1. The standard InChI is InChI=1S/C22H16Cl2N2O3/c23-14-5-10-17(18(24)12-14)21(27)25-15-6-8-16(9-7-15)26-22(28)20-11-13-3-1-2-4-19(13)29-20/h1-10,12,20H,11H2,(H,25,27)(H,26,28). The van der Waals surface area contributed by atoms with Gasteiger partial charge < -0.3 is 15.4 Å². The summed E-state index contributed by atoms with van der Waals surface area (Å²) in [5.74, 6) is 0.179. The first-order chi connectivity index (χ1) is 14.0. The van der Waals surface area contributed by atoms with E-state index < -0.39 is 6.10 Å². The second-order valence-corrected chi connectivity index (χ2v) is 7.41. The quantitative estimate of drug-likeness (QED) is 0.603. The maximum Gasteiger partial charge on any atom is 0.265 e. The molecule has 146 valence electrons. The normalized spacial score (nSPS) is 14.6. The van der Waals surface area contributed by atoms with E-state index in [0.717, 1.165) is 11.3 Å². The van der Waals surface area contributed by atoms with Crippen LogP contribution in [0.4, 0.5) is 11.4 Å². The van der Waals surface area contributed by atoms with Crippen LogP contribution in [0.15, 0.2) is 66.7 Å². The number of benzene rings is 3. The van der Waals surface area contributed by atoms with Crippen molar-refractivity contribution >= 4 is 46.4 Å². The molecule has 0 fully saturated rings. The van der Waals surface area contributed by atoms with Gasteiger partial charge in [-0.15, -0.1) is 0 Å². The molecule has 2 N–H and O–H groups in total. The summed E-state index contributed by atoms with van der Waals surface area (Å²) in [6, 6.07) is 19.1. The SMILES string of the molecule is O=C(Nc1ccc(NC(=O)C2Cc3ccccc3O2)cc1)c1ccc(Cl)cc1Cl. The van der Waals surface area contributed by atoms with Crippen LogP contribution in [0.3, 0.4) is 0 Å². The van der Waals surface area contributed by atoms with Crippen molar-refractivity contribution < 1.29 is 14.3 Å².